The quantitative estimate of drug-likeness (QED) is 0.774. The van der Waals surface area contributed by atoms with Crippen molar-refractivity contribution in [1.29, 1.82) is 0 Å². The lowest BCUT2D eigenvalue weighted by Gasteiger charge is -2.25. The van der Waals surface area contributed by atoms with Gasteiger partial charge in [0.05, 0.1) is 5.69 Å². The number of hydrogen-bond acceptors (Lipinski definition) is 2. The Balaban J connectivity index is 2.58. The molecule has 0 unspecified atom stereocenters. The van der Waals surface area contributed by atoms with E-state index in [1.165, 1.54) is 11.1 Å². The Kier molecular flexibility index (Phi) is 2.61. The minimum absolute atomic E-state index is 0.167. The number of fused-ring (bicyclic) bond motifs is 1. The Labute approximate surface area is 98.0 Å². The zero-order valence-corrected chi connectivity index (χ0v) is 10.8. The average Bonchev–Trinajstić information content (AvgIpc) is 2.60. The molecule has 1 N–H and O–H groups in total. The first kappa shape index (κ1) is 11.3. The summed E-state index contributed by atoms with van der Waals surface area (Å²) in [5.41, 5.74) is 4.12. The largest absolute Gasteiger partial charge is 0.471 e. The maximum absolute atomic E-state index is 5.56. The van der Waals surface area contributed by atoms with Crippen LogP contribution >= 0.6 is 0 Å². The van der Waals surface area contributed by atoms with E-state index < -0.39 is 0 Å². The predicted molar refractivity (Wildman–Crippen MR) is 68.3 cm³/mol. The van der Waals surface area contributed by atoms with Crippen LogP contribution in [0.5, 0.6) is 5.75 Å². The molecule has 0 saturated heterocycles. The number of ether oxygens (including phenoxy) is 1. The zero-order valence-electron chi connectivity index (χ0n) is 10.8. The van der Waals surface area contributed by atoms with Crippen molar-refractivity contribution in [1.82, 2.24) is 0 Å². The van der Waals surface area contributed by atoms with E-state index in [0.717, 1.165) is 11.4 Å². The Bertz CT molecular complexity index is 402. The molecular weight excluding hydrogens is 198 g/mol. The molecule has 2 heteroatoms. The van der Waals surface area contributed by atoms with Crippen LogP contribution in [-0.2, 0) is 5.41 Å². The summed E-state index contributed by atoms with van der Waals surface area (Å²) >= 11 is 0. The van der Waals surface area contributed by atoms with E-state index in [1.54, 1.807) is 0 Å². The van der Waals surface area contributed by atoms with Gasteiger partial charge in [-0.2, -0.15) is 0 Å². The van der Waals surface area contributed by atoms with E-state index in [4.69, 9.17) is 4.74 Å². The van der Waals surface area contributed by atoms with Gasteiger partial charge in [0.1, 0.15) is 5.75 Å². The molecule has 1 aromatic rings. The number of anilines is 1. The summed E-state index contributed by atoms with van der Waals surface area (Å²) in [6.07, 6.45) is 0. The first-order chi connectivity index (χ1) is 7.39. The third-order valence-corrected chi connectivity index (χ3v) is 3.07. The molecule has 16 heavy (non-hydrogen) atoms. The normalized spacial score (nSPS) is 14.6. The third kappa shape index (κ3) is 1.89. The highest BCUT2D eigenvalue weighted by molar-refractivity contribution is 5.63. The van der Waals surface area contributed by atoms with Crippen molar-refractivity contribution in [3.05, 3.63) is 23.3 Å². The molecule has 0 fully saturated rings. The fourth-order valence-electron chi connectivity index (χ4n) is 2.17. The molecule has 0 aliphatic carbocycles. The van der Waals surface area contributed by atoms with Crippen LogP contribution in [0.4, 0.5) is 5.69 Å². The van der Waals surface area contributed by atoms with Gasteiger partial charge < -0.3 is 10.1 Å². The highest BCUT2D eigenvalue weighted by Crippen LogP contribution is 2.39. The summed E-state index contributed by atoms with van der Waals surface area (Å²) < 4.78 is 5.56. The molecule has 1 aromatic carbocycles. The first-order valence-electron chi connectivity index (χ1n) is 5.94. The number of benzene rings is 1. The summed E-state index contributed by atoms with van der Waals surface area (Å²) in [6, 6.07) is 4.44. The third-order valence-electron chi connectivity index (χ3n) is 3.07. The van der Waals surface area contributed by atoms with Crippen LogP contribution in [-0.4, -0.2) is 6.73 Å². The summed E-state index contributed by atoms with van der Waals surface area (Å²) in [5, 5.41) is 3.25. The monoisotopic (exact) mass is 219 g/mol. The molecule has 0 aromatic heterocycles. The second-order valence-electron chi connectivity index (χ2n) is 5.81. The van der Waals surface area contributed by atoms with Gasteiger partial charge in [-0.05, 0) is 34.6 Å². The van der Waals surface area contributed by atoms with Gasteiger partial charge in [0.15, 0.2) is 6.73 Å². The highest BCUT2D eigenvalue weighted by atomic mass is 16.5. The van der Waals surface area contributed by atoms with Gasteiger partial charge in [-0.3, -0.25) is 0 Å². The molecule has 1 aliphatic heterocycles. The summed E-state index contributed by atoms with van der Waals surface area (Å²) in [4.78, 5) is 0. The van der Waals surface area contributed by atoms with E-state index >= 15 is 0 Å². The van der Waals surface area contributed by atoms with Crippen molar-refractivity contribution in [2.45, 2.75) is 46.0 Å². The maximum atomic E-state index is 5.56. The zero-order chi connectivity index (χ0) is 11.9. The van der Waals surface area contributed by atoms with Crippen molar-refractivity contribution < 1.29 is 4.74 Å². The lowest BCUT2D eigenvalue weighted by molar-refractivity contribution is 0.371. The molecule has 1 heterocycles. The lowest BCUT2D eigenvalue weighted by Crippen LogP contribution is -2.15. The Hall–Kier alpha value is -1.18. The summed E-state index contributed by atoms with van der Waals surface area (Å²) in [5.74, 6) is 1.54. The van der Waals surface area contributed by atoms with Crippen LogP contribution in [0.3, 0.4) is 0 Å². The summed E-state index contributed by atoms with van der Waals surface area (Å²) in [6.45, 7) is 11.8. The number of rotatable bonds is 1. The van der Waals surface area contributed by atoms with Crippen LogP contribution in [0.15, 0.2) is 12.1 Å². The smallest absolute Gasteiger partial charge is 0.159 e. The van der Waals surface area contributed by atoms with E-state index in [1.807, 2.05) is 0 Å². The molecule has 2 nitrogen and oxygen atoms in total. The van der Waals surface area contributed by atoms with Gasteiger partial charge in [-0.1, -0.05) is 34.6 Å². The van der Waals surface area contributed by atoms with Gasteiger partial charge >= 0.3 is 0 Å². The fraction of sp³-hybridized carbons (Fsp3) is 0.571. The van der Waals surface area contributed by atoms with E-state index in [-0.39, 0.29) is 5.41 Å². The van der Waals surface area contributed by atoms with Crippen molar-refractivity contribution in [3.8, 4) is 5.75 Å². The standard InChI is InChI=1S/C14H21NO/c1-9(2)10-6-12-13(16-8-15-12)7-11(10)14(3,4)5/h6-7,9,15H,8H2,1-5H3. The van der Waals surface area contributed by atoms with Gasteiger partial charge in [0.25, 0.3) is 0 Å². The van der Waals surface area contributed by atoms with Crippen LogP contribution in [0.1, 0.15) is 51.7 Å². The van der Waals surface area contributed by atoms with Crippen LogP contribution in [0, 0.1) is 0 Å². The van der Waals surface area contributed by atoms with Crippen LogP contribution < -0.4 is 10.1 Å². The van der Waals surface area contributed by atoms with Crippen molar-refractivity contribution in [2.75, 3.05) is 12.0 Å². The molecular formula is C14H21NO. The lowest BCUT2D eigenvalue weighted by atomic mass is 9.80. The van der Waals surface area contributed by atoms with E-state index in [9.17, 15) is 0 Å². The number of nitrogens with one attached hydrogen (secondary N) is 1. The second-order valence-corrected chi connectivity index (χ2v) is 5.81. The van der Waals surface area contributed by atoms with E-state index in [2.05, 4.69) is 52.1 Å². The molecule has 2 rings (SSSR count). The molecule has 0 saturated carbocycles. The van der Waals surface area contributed by atoms with Crippen LogP contribution in [0.25, 0.3) is 0 Å². The Morgan fingerprint density at radius 3 is 2.50 bits per heavy atom. The summed E-state index contributed by atoms with van der Waals surface area (Å²) in [7, 11) is 0. The minimum Gasteiger partial charge on any atom is -0.471 e. The van der Waals surface area contributed by atoms with Gasteiger partial charge in [-0.15, -0.1) is 0 Å². The highest BCUT2D eigenvalue weighted by Gasteiger charge is 2.23. The number of hydrogen-bond donors (Lipinski definition) is 1. The van der Waals surface area contributed by atoms with Crippen molar-refractivity contribution in [3.63, 3.8) is 0 Å². The van der Waals surface area contributed by atoms with E-state index in [0.29, 0.717) is 12.6 Å². The SMILES string of the molecule is CC(C)c1cc2c(cc1C(C)(C)C)OCN2. The van der Waals surface area contributed by atoms with Gasteiger partial charge in [0.2, 0.25) is 0 Å². The maximum Gasteiger partial charge on any atom is 0.159 e. The van der Waals surface area contributed by atoms with Gasteiger partial charge in [0, 0.05) is 0 Å². The topological polar surface area (TPSA) is 21.3 Å². The predicted octanol–water partition coefficient (Wildman–Crippen LogP) is 3.87. The second kappa shape index (κ2) is 3.69. The molecule has 88 valence electrons. The minimum atomic E-state index is 0.167. The molecule has 0 atom stereocenters. The van der Waals surface area contributed by atoms with Crippen LogP contribution in [0.2, 0.25) is 0 Å². The molecule has 1 aliphatic rings. The van der Waals surface area contributed by atoms with Crippen molar-refractivity contribution in [2.24, 2.45) is 0 Å². The molecule has 0 amide bonds. The molecule has 0 radical (unpaired) electrons. The van der Waals surface area contributed by atoms with Crippen molar-refractivity contribution >= 4 is 5.69 Å². The van der Waals surface area contributed by atoms with Gasteiger partial charge in [-0.25, -0.2) is 0 Å². The molecule has 0 bridgehead atoms. The average molecular weight is 219 g/mol. The Morgan fingerprint density at radius 2 is 1.94 bits per heavy atom. The first-order valence-corrected chi connectivity index (χ1v) is 5.94. The fourth-order valence-corrected chi connectivity index (χ4v) is 2.17. The molecule has 0 spiro atoms. The Morgan fingerprint density at radius 1 is 1.25 bits per heavy atom.